The molecular formula is C20H19FN4O3. The highest BCUT2D eigenvalue weighted by molar-refractivity contribution is 5.90. The number of carbonyl (C=O) groups is 1. The van der Waals surface area contributed by atoms with Gasteiger partial charge in [0.1, 0.15) is 17.3 Å². The van der Waals surface area contributed by atoms with Crippen molar-refractivity contribution < 1.29 is 18.7 Å². The van der Waals surface area contributed by atoms with Gasteiger partial charge in [-0.25, -0.2) is 19.2 Å². The fourth-order valence-electron chi connectivity index (χ4n) is 2.37. The molecule has 0 aliphatic heterocycles. The lowest BCUT2D eigenvalue weighted by Crippen LogP contribution is -2.28. The topological polar surface area (TPSA) is 85.4 Å². The Hall–Kier alpha value is -3.68. The van der Waals surface area contributed by atoms with E-state index in [-0.39, 0.29) is 12.4 Å². The van der Waals surface area contributed by atoms with Crippen molar-refractivity contribution in [1.82, 2.24) is 15.3 Å². The maximum atomic E-state index is 13.3. The second-order valence-electron chi connectivity index (χ2n) is 5.62. The van der Waals surface area contributed by atoms with Gasteiger partial charge in [-0.15, -0.1) is 0 Å². The number of rotatable bonds is 7. The molecule has 0 aliphatic carbocycles. The number of amides is 2. The lowest BCUT2D eigenvalue weighted by atomic mass is 10.2. The van der Waals surface area contributed by atoms with Crippen LogP contribution in [0.2, 0.25) is 0 Å². The third-order valence-electron chi connectivity index (χ3n) is 3.60. The average molecular weight is 382 g/mol. The van der Waals surface area contributed by atoms with Crippen LogP contribution in [0.1, 0.15) is 12.5 Å². The Morgan fingerprint density at radius 3 is 2.64 bits per heavy atom. The molecule has 0 spiro atoms. The number of aromatic nitrogens is 2. The highest BCUT2D eigenvalue weighted by Gasteiger charge is 2.11. The van der Waals surface area contributed by atoms with Crippen LogP contribution in [0.25, 0.3) is 0 Å². The number of nitrogens with one attached hydrogen (secondary N) is 2. The first kappa shape index (κ1) is 19.1. The zero-order valence-corrected chi connectivity index (χ0v) is 15.2. The van der Waals surface area contributed by atoms with Crippen molar-refractivity contribution in [1.29, 1.82) is 0 Å². The summed E-state index contributed by atoms with van der Waals surface area (Å²) in [6, 6.07) is 12.2. The fourth-order valence-corrected chi connectivity index (χ4v) is 2.37. The molecule has 0 atom stereocenters. The Morgan fingerprint density at radius 2 is 1.86 bits per heavy atom. The molecule has 0 aliphatic rings. The van der Waals surface area contributed by atoms with Gasteiger partial charge in [0, 0.05) is 30.6 Å². The molecule has 3 aromatic rings. The lowest BCUT2D eigenvalue weighted by Gasteiger charge is -2.13. The van der Waals surface area contributed by atoms with E-state index in [1.807, 2.05) is 6.92 Å². The molecule has 2 aromatic heterocycles. The molecule has 2 heterocycles. The first-order chi connectivity index (χ1) is 13.7. The van der Waals surface area contributed by atoms with Gasteiger partial charge in [0.15, 0.2) is 0 Å². The van der Waals surface area contributed by atoms with Crippen LogP contribution in [-0.2, 0) is 6.54 Å². The highest BCUT2D eigenvalue weighted by Crippen LogP contribution is 2.24. The second kappa shape index (κ2) is 9.31. The van der Waals surface area contributed by atoms with E-state index in [2.05, 4.69) is 20.6 Å². The van der Waals surface area contributed by atoms with Crippen molar-refractivity contribution in [3.05, 3.63) is 72.3 Å². The largest absolute Gasteiger partial charge is 0.476 e. The van der Waals surface area contributed by atoms with Gasteiger partial charge in [-0.2, -0.15) is 0 Å². The maximum Gasteiger partial charge on any atom is 0.319 e. The smallest absolute Gasteiger partial charge is 0.319 e. The normalized spacial score (nSPS) is 10.2. The lowest BCUT2D eigenvalue weighted by molar-refractivity contribution is 0.251. The van der Waals surface area contributed by atoms with Crippen LogP contribution in [0.3, 0.4) is 0 Å². The van der Waals surface area contributed by atoms with E-state index < -0.39 is 11.8 Å². The summed E-state index contributed by atoms with van der Waals surface area (Å²) in [5.74, 6) is 0.539. The second-order valence-corrected chi connectivity index (χ2v) is 5.62. The Kier molecular flexibility index (Phi) is 6.35. The van der Waals surface area contributed by atoms with Crippen LogP contribution in [0, 0.1) is 5.82 Å². The van der Waals surface area contributed by atoms with Crippen molar-refractivity contribution in [2.24, 2.45) is 0 Å². The Balaban J connectivity index is 1.64. The molecule has 0 saturated heterocycles. The van der Waals surface area contributed by atoms with Gasteiger partial charge in [0.05, 0.1) is 6.61 Å². The standard InChI is InChI=1S/C20H19FN4O3/c1-2-27-19-17(9-5-11-23-19)25-20(26)24-13-14-6-4-10-22-18(14)28-16-8-3-7-15(21)12-16/h3-12H,2,13H2,1H3,(H2,24,25,26). The number of anilines is 1. The summed E-state index contributed by atoms with van der Waals surface area (Å²) in [7, 11) is 0. The maximum absolute atomic E-state index is 13.3. The molecule has 0 radical (unpaired) electrons. The Bertz CT molecular complexity index is 952. The van der Waals surface area contributed by atoms with Gasteiger partial charge in [0.2, 0.25) is 11.8 Å². The summed E-state index contributed by atoms with van der Waals surface area (Å²) in [5.41, 5.74) is 1.10. The van der Waals surface area contributed by atoms with Crippen LogP contribution in [0.5, 0.6) is 17.5 Å². The van der Waals surface area contributed by atoms with E-state index in [0.29, 0.717) is 29.5 Å². The number of pyridine rings is 2. The van der Waals surface area contributed by atoms with Crippen molar-refractivity contribution in [3.8, 4) is 17.5 Å². The molecule has 2 amide bonds. The predicted molar refractivity (Wildman–Crippen MR) is 102 cm³/mol. The SMILES string of the molecule is CCOc1ncccc1NC(=O)NCc1cccnc1Oc1cccc(F)c1. The van der Waals surface area contributed by atoms with Crippen LogP contribution >= 0.6 is 0 Å². The zero-order valence-electron chi connectivity index (χ0n) is 15.2. The van der Waals surface area contributed by atoms with Crippen molar-refractivity contribution in [3.63, 3.8) is 0 Å². The van der Waals surface area contributed by atoms with Crippen LogP contribution in [0.4, 0.5) is 14.9 Å². The van der Waals surface area contributed by atoms with Crippen LogP contribution < -0.4 is 20.1 Å². The summed E-state index contributed by atoms with van der Waals surface area (Å²) in [4.78, 5) is 20.5. The molecule has 0 unspecified atom stereocenters. The quantitative estimate of drug-likeness (QED) is 0.642. The molecule has 0 saturated carbocycles. The summed E-state index contributed by atoms with van der Waals surface area (Å²) >= 11 is 0. The van der Waals surface area contributed by atoms with E-state index >= 15 is 0 Å². The van der Waals surface area contributed by atoms with Crippen molar-refractivity contribution in [2.45, 2.75) is 13.5 Å². The third kappa shape index (κ3) is 5.16. The summed E-state index contributed by atoms with van der Waals surface area (Å²) in [6.07, 6.45) is 3.14. The molecule has 0 bridgehead atoms. The minimum Gasteiger partial charge on any atom is -0.476 e. The predicted octanol–water partition coefficient (Wildman–Crippen LogP) is 4.13. The first-order valence-corrected chi connectivity index (χ1v) is 8.65. The first-order valence-electron chi connectivity index (χ1n) is 8.65. The van der Waals surface area contributed by atoms with Crippen molar-refractivity contribution >= 4 is 11.7 Å². The number of benzene rings is 1. The van der Waals surface area contributed by atoms with Gasteiger partial charge in [-0.05, 0) is 37.3 Å². The van der Waals surface area contributed by atoms with E-state index in [9.17, 15) is 9.18 Å². The molecule has 144 valence electrons. The summed E-state index contributed by atoms with van der Waals surface area (Å²) in [6.45, 7) is 2.43. The van der Waals surface area contributed by atoms with Gasteiger partial charge < -0.3 is 20.1 Å². The van der Waals surface area contributed by atoms with Crippen molar-refractivity contribution in [2.75, 3.05) is 11.9 Å². The van der Waals surface area contributed by atoms with Crippen LogP contribution in [0.15, 0.2) is 60.9 Å². The fraction of sp³-hybridized carbons (Fsp3) is 0.150. The number of urea groups is 1. The number of hydrogen-bond donors (Lipinski definition) is 2. The average Bonchev–Trinajstić information content (AvgIpc) is 2.69. The minimum absolute atomic E-state index is 0.161. The molecule has 3 rings (SSSR count). The van der Waals surface area contributed by atoms with E-state index in [4.69, 9.17) is 9.47 Å². The molecule has 28 heavy (non-hydrogen) atoms. The molecular weight excluding hydrogens is 363 g/mol. The molecule has 8 heteroatoms. The van der Waals surface area contributed by atoms with E-state index in [1.165, 1.54) is 12.1 Å². The molecule has 7 nitrogen and oxygen atoms in total. The Labute approximate surface area is 161 Å². The minimum atomic E-state index is -0.436. The number of ether oxygens (including phenoxy) is 2. The number of carbonyl (C=O) groups excluding carboxylic acids is 1. The molecule has 0 fully saturated rings. The van der Waals surface area contributed by atoms with Gasteiger partial charge in [-0.3, -0.25) is 0 Å². The monoisotopic (exact) mass is 382 g/mol. The van der Waals surface area contributed by atoms with E-state index in [0.717, 1.165) is 0 Å². The number of hydrogen-bond acceptors (Lipinski definition) is 5. The van der Waals surface area contributed by atoms with Crippen LogP contribution in [-0.4, -0.2) is 22.6 Å². The Morgan fingerprint density at radius 1 is 1.07 bits per heavy atom. The summed E-state index contributed by atoms with van der Waals surface area (Å²) in [5, 5.41) is 5.42. The zero-order chi connectivity index (χ0) is 19.8. The van der Waals surface area contributed by atoms with Gasteiger partial charge in [-0.1, -0.05) is 12.1 Å². The third-order valence-corrected chi connectivity index (χ3v) is 3.60. The van der Waals surface area contributed by atoms with E-state index in [1.54, 1.807) is 48.8 Å². The number of halogens is 1. The molecule has 2 N–H and O–H groups in total. The number of nitrogens with zero attached hydrogens (tertiary/aromatic N) is 2. The molecule has 1 aromatic carbocycles. The van der Waals surface area contributed by atoms with Gasteiger partial charge >= 0.3 is 6.03 Å². The highest BCUT2D eigenvalue weighted by atomic mass is 19.1. The summed E-state index contributed by atoms with van der Waals surface area (Å²) < 4.78 is 24.4. The van der Waals surface area contributed by atoms with Gasteiger partial charge in [0.25, 0.3) is 0 Å².